The van der Waals surface area contributed by atoms with Crippen molar-refractivity contribution in [1.82, 2.24) is 9.03 Å². The monoisotopic (exact) mass is 312 g/mol. The van der Waals surface area contributed by atoms with Crippen molar-refractivity contribution >= 4 is 26.1 Å². The molecule has 1 heterocycles. The van der Waals surface area contributed by atoms with Crippen LogP contribution >= 0.6 is 15.9 Å². The fourth-order valence-corrected chi connectivity index (χ4v) is 3.18. The molecule has 0 amide bonds. The molecule has 0 spiro atoms. The van der Waals surface area contributed by atoms with Crippen LogP contribution in [0.5, 0.6) is 0 Å². The van der Waals surface area contributed by atoms with Gasteiger partial charge in [0.1, 0.15) is 0 Å². The van der Waals surface area contributed by atoms with Crippen LogP contribution < -0.4 is 4.72 Å². The summed E-state index contributed by atoms with van der Waals surface area (Å²) >= 11 is 3.40. The zero-order valence-corrected chi connectivity index (χ0v) is 12.3. The molecule has 0 bridgehead atoms. The summed E-state index contributed by atoms with van der Waals surface area (Å²) in [6.07, 6.45) is 2.75. The minimum absolute atomic E-state index is 0.344. The van der Waals surface area contributed by atoms with Crippen LogP contribution in [0.3, 0.4) is 0 Å². The smallest absolute Gasteiger partial charge is 0.202 e. The van der Waals surface area contributed by atoms with E-state index in [1.807, 2.05) is 6.92 Å². The largest absolute Gasteiger partial charge is 0.279 e. The predicted molar refractivity (Wildman–Crippen MR) is 69.9 cm³/mol. The summed E-state index contributed by atoms with van der Waals surface area (Å²) in [5, 5.41) is 0. The molecule has 6 heteroatoms. The van der Waals surface area contributed by atoms with Crippen LogP contribution in [0.15, 0.2) is 0 Å². The quantitative estimate of drug-likeness (QED) is 0.786. The van der Waals surface area contributed by atoms with Crippen molar-refractivity contribution in [3.63, 3.8) is 0 Å². The van der Waals surface area contributed by atoms with Crippen molar-refractivity contribution in [1.29, 1.82) is 0 Å². The third kappa shape index (κ3) is 4.69. The van der Waals surface area contributed by atoms with E-state index in [4.69, 9.17) is 0 Å². The number of alkyl halides is 1. The average Bonchev–Trinajstić information content (AvgIpc) is 2.17. The fraction of sp³-hybridized carbons (Fsp3) is 1.00. The van der Waals surface area contributed by atoms with Crippen LogP contribution in [0, 0.1) is 5.92 Å². The van der Waals surface area contributed by atoms with E-state index in [2.05, 4.69) is 27.6 Å². The zero-order valence-electron chi connectivity index (χ0n) is 9.95. The van der Waals surface area contributed by atoms with Gasteiger partial charge in [-0.3, -0.25) is 0 Å². The topological polar surface area (TPSA) is 49.4 Å². The molecule has 1 unspecified atom stereocenters. The molecule has 1 fully saturated rings. The highest BCUT2D eigenvalue weighted by Gasteiger charge is 2.25. The Kier molecular flexibility index (Phi) is 5.70. The molecule has 1 rings (SSSR count). The van der Waals surface area contributed by atoms with Gasteiger partial charge in [-0.05, 0) is 25.2 Å². The average molecular weight is 313 g/mol. The van der Waals surface area contributed by atoms with Crippen LogP contribution in [-0.2, 0) is 10.2 Å². The fourth-order valence-electron chi connectivity index (χ4n) is 1.70. The van der Waals surface area contributed by atoms with Crippen LogP contribution in [0.25, 0.3) is 0 Å². The van der Waals surface area contributed by atoms with Gasteiger partial charge in [-0.2, -0.15) is 12.7 Å². The minimum Gasteiger partial charge on any atom is -0.202 e. The second kappa shape index (κ2) is 6.33. The Hall–Kier alpha value is 0.350. The molecule has 0 aliphatic carbocycles. The summed E-state index contributed by atoms with van der Waals surface area (Å²) in [4.78, 5) is 0.344. The lowest BCUT2D eigenvalue weighted by Crippen LogP contribution is -2.45. The first-order chi connectivity index (χ1) is 7.42. The Labute approximate surface area is 107 Å². The lowest BCUT2D eigenvalue weighted by Gasteiger charge is -2.29. The molecular formula is C10H21BrN2O2S. The molecule has 1 aliphatic heterocycles. The van der Waals surface area contributed by atoms with E-state index in [-0.39, 0.29) is 0 Å². The molecule has 0 radical (unpaired) electrons. The summed E-state index contributed by atoms with van der Waals surface area (Å²) in [6.45, 7) is 5.99. The van der Waals surface area contributed by atoms with Gasteiger partial charge in [0.05, 0.1) is 0 Å². The maximum atomic E-state index is 11.9. The molecule has 96 valence electrons. The Morgan fingerprint density at radius 2 is 2.00 bits per heavy atom. The molecule has 1 atom stereocenters. The molecule has 1 N–H and O–H groups in total. The van der Waals surface area contributed by atoms with Gasteiger partial charge in [-0.15, -0.1) is 0 Å². The highest BCUT2D eigenvalue weighted by atomic mass is 79.9. The Balaban J connectivity index is 2.38. The Morgan fingerprint density at radius 1 is 1.44 bits per heavy atom. The summed E-state index contributed by atoms with van der Waals surface area (Å²) in [6, 6.07) is 0. The molecule has 1 saturated heterocycles. The normalized spacial score (nSPS) is 22.2. The molecular weight excluding hydrogens is 292 g/mol. The van der Waals surface area contributed by atoms with Crippen LogP contribution in [0.2, 0.25) is 0 Å². The van der Waals surface area contributed by atoms with Gasteiger partial charge in [0.15, 0.2) is 0 Å². The Bertz CT molecular complexity index is 298. The van der Waals surface area contributed by atoms with E-state index in [0.29, 0.717) is 30.4 Å². The predicted octanol–water partition coefficient (Wildman–Crippen LogP) is 1.73. The van der Waals surface area contributed by atoms with E-state index in [1.165, 1.54) is 0 Å². The lowest BCUT2D eigenvalue weighted by molar-refractivity contribution is 0.285. The third-order valence-electron chi connectivity index (χ3n) is 2.91. The van der Waals surface area contributed by atoms with Gasteiger partial charge in [-0.1, -0.05) is 29.8 Å². The first-order valence-corrected chi connectivity index (χ1v) is 8.16. The van der Waals surface area contributed by atoms with Gasteiger partial charge in [0, 0.05) is 24.5 Å². The summed E-state index contributed by atoms with van der Waals surface area (Å²) in [5.41, 5.74) is 0. The first kappa shape index (κ1) is 14.4. The molecule has 16 heavy (non-hydrogen) atoms. The van der Waals surface area contributed by atoms with Crippen molar-refractivity contribution in [2.75, 3.05) is 19.6 Å². The maximum absolute atomic E-state index is 11.9. The van der Waals surface area contributed by atoms with Crippen molar-refractivity contribution in [2.45, 2.75) is 37.9 Å². The van der Waals surface area contributed by atoms with E-state index in [1.54, 1.807) is 4.31 Å². The van der Waals surface area contributed by atoms with Gasteiger partial charge >= 0.3 is 0 Å². The van der Waals surface area contributed by atoms with Gasteiger partial charge < -0.3 is 0 Å². The highest BCUT2D eigenvalue weighted by molar-refractivity contribution is 9.09. The van der Waals surface area contributed by atoms with Gasteiger partial charge in [0.2, 0.25) is 0 Å². The van der Waals surface area contributed by atoms with Crippen molar-refractivity contribution in [3.05, 3.63) is 0 Å². The number of hydrogen-bond donors (Lipinski definition) is 1. The number of piperidine rings is 1. The number of halogens is 1. The SMILES string of the molecule is CC(Br)CCNS(=O)(=O)N1CCC(C)CC1. The zero-order chi connectivity index (χ0) is 12.2. The molecule has 0 aromatic heterocycles. The standard InChI is InChI=1S/C10H21BrN2O2S/c1-9-4-7-13(8-5-9)16(14,15)12-6-3-10(2)11/h9-10,12H,3-8H2,1-2H3. The number of rotatable bonds is 5. The molecule has 0 saturated carbocycles. The molecule has 4 nitrogen and oxygen atoms in total. The summed E-state index contributed by atoms with van der Waals surface area (Å²) in [7, 11) is -3.24. The minimum atomic E-state index is -3.24. The highest BCUT2D eigenvalue weighted by Crippen LogP contribution is 2.17. The molecule has 1 aliphatic rings. The van der Waals surface area contributed by atoms with Gasteiger partial charge in [0.25, 0.3) is 10.2 Å². The first-order valence-electron chi connectivity index (χ1n) is 5.80. The van der Waals surface area contributed by atoms with E-state index in [0.717, 1.165) is 19.3 Å². The second-order valence-electron chi connectivity index (χ2n) is 4.55. The van der Waals surface area contributed by atoms with Crippen LogP contribution in [0.4, 0.5) is 0 Å². The summed E-state index contributed by atoms with van der Waals surface area (Å²) < 4.78 is 28.0. The number of hydrogen-bond acceptors (Lipinski definition) is 2. The Morgan fingerprint density at radius 3 is 2.50 bits per heavy atom. The third-order valence-corrected chi connectivity index (χ3v) is 4.98. The van der Waals surface area contributed by atoms with Crippen molar-refractivity contribution in [3.8, 4) is 0 Å². The van der Waals surface area contributed by atoms with E-state index < -0.39 is 10.2 Å². The van der Waals surface area contributed by atoms with Gasteiger partial charge in [-0.25, -0.2) is 4.72 Å². The second-order valence-corrected chi connectivity index (χ2v) is 7.87. The molecule has 0 aromatic rings. The summed E-state index contributed by atoms with van der Waals surface area (Å²) in [5.74, 6) is 0.647. The van der Waals surface area contributed by atoms with E-state index >= 15 is 0 Å². The van der Waals surface area contributed by atoms with Crippen molar-refractivity contribution in [2.24, 2.45) is 5.92 Å². The van der Waals surface area contributed by atoms with Crippen LogP contribution in [0.1, 0.15) is 33.1 Å². The number of nitrogens with one attached hydrogen (secondary N) is 1. The van der Waals surface area contributed by atoms with E-state index in [9.17, 15) is 8.42 Å². The van der Waals surface area contributed by atoms with Crippen molar-refractivity contribution < 1.29 is 8.42 Å². The van der Waals surface area contributed by atoms with Crippen LogP contribution in [-0.4, -0.2) is 37.2 Å². The molecule has 0 aromatic carbocycles. The number of nitrogens with zero attached hydrogens (tertiary/aromatic N) is 1. The maximum Gasteiger partial charge on any atom is 0.279 e. The lowest BCUT2D eigenvalue weighted by atomic mass is 10.0.